The first-order valence-electron chi connectivity index (χ1n) is 5.48. The highest BCUT2D eigenvalue weighted by Gasteiger charge is 2.19. The van der Waals surface area contributed by atoms with Gasteiger partial charge in [0.25, 0.3) is 0 Å². The highest BCUT2D eigenvalue weighted by atomic mass is 35.5. The van der Waals surface area contributed by atoms with Crippen molar-refractivity contribution in [3.05, 3.63) is 22.3 Å². The fraction of sp³-hybridized carbons (Fsp3) is 0.545. The van der Waals surface area contributed by atoms with Gasteiger partial charge in [0.2, 0.25) is 0 Å². The molecule has 1 saturated carbocycles. The number of nitrogens with one attached hydrogen (secondary N) is 1. The number of pyridine rings is 1. The van der Waals surface area contributed by atoms with Gasteiger partial charge in [-0.3, -0.25) is 0 Å². The Balaban J connectivity index is 1.98. The summed E-state index contributed by atoms with van der Waals surface area (Å²) >= 11 is 11.8. The highest BCUT2D eigenvalue weighted by molar-refractivity contribution is 6.35. The fourth-order valence-corrected chi connectivity index (χ4v) is 2.41. The molecular formula is C11H15Cl2N3. The topological polar surface area (TPSA) is 50.9 Å². The van der Waals surface area contributed by atoms with E-state index in [1.54, 1.807) is 12.3 Å². The molecule has 2 rings (SSSR count). The van der Waals surface area contributed by atoms with Crippen LogP contribution >= 0.6 is 23.2 Å². The Kier molecular flexibility index (Phi) is 3.90. The van der Waals surface area contributed by atoms with E-state index in [1.807, 2.05) is 0 Å². The minimum absolute atomic E-state index is 0.353. The number of nitrogens with zero attached hydrogens (tertiary/aromatic N) is 1. The number of anilines is 1. The Labute approximate surface area is 105 Å². The highest BCUT2D eigenvalue weighted by Crippen LogP contribution is 2.26. The molecule has 0 amide bonds. The van der Waals surface area contributed by atoms with Crippen molar-refractivity contribution >= 4 is 29.0 Å². The molecule has 5 heteroatoms. The standard InChI is InChI=1S/C11H15Cl2N3/c12-7-5-10(13)11(15-6-7)16-9-3-1-8(14)2-4-9/h5-6,8-9H,1-4,14H2,(H,15,16). The van der Waals surface area contributed by atoms with Gasteiger partial charge in [-0.15, -0.1) is 0 Å². The van der Waals surface area contributed by atoms with Crippen LogP contribution in [0.1, 0.15) is 25.7 Å². The number of hydrogen-bond acceptors (Lipinski definition) is 3. The molecule has 16 heavy (non-hydrogen) atoms. The summed E-state index contributed by atoms with van der Waals surface area (Å²) in [6.07, 6.45) is 5.86. The van der Waals surface area contributed by atoms with Gasteiger partial charge in [-0.25, -0.2) is 4.98 Å². The maximum atomic E-state index is 6.04. The Morgan fingerprint density at radius 3 is 2.56 bits per heavy atom. The van der Waals surface area contributed by atoms with Gasteiger partial charge in [0.15, 0.2) is 0 Å². The SMILES string of the molecule is NC1CCC(Nc2ncc(Cl)cc2Cl)CC1. The van der Waals surface area contributed by atoms with Crippen molar-refractivity contribution in [1.82, 2.24) is 4.98 Å². The quantitative estimate of drug-likeness (QED) is 0.859. The molecule has 0 bridgehead atoms. The van der Waals surface area contributed by atoms with E-state index in [-0.39, 0.29) is 0 Å². The first-order valence-corrected chi connectivity index (χ1v) is 6.24. The number of rotatable bonds is 2. The van der Waals surface area contributed by atoms with Crippen LogP contribution in [0.15, 0.2) is 12.3 Å². The van der Waals surface area contributed by atoms with Crippen LogP contribution in [-0.2, 0) is 0 Å². The molecule has 0 aromatic carbocycles. The molecule has 3 nitrogen and oxygen atoms in total. The van der Waals surface area contributed by atoms with Crippen molar-refractivity contribution in [2.24, 2.45) is 5.73 Å². The van der Waals surface area contributed by atoms with Gasteiger partial charge in [-0.05, 0) is 31.7 Å². The normalized spacial score (nSPS) is 25.4. The number of halogens is 2. The van der Waals surface area contributed by atoms with Crippen molar-refractivity contribution in [2.45, 2.75) is 37.8 Å². The van der Waals surface area contributed by atoms with Crippen molar-refractivity contribution in [2.75, 3.05) is 5.32 Å². The van der Waals surface area contributed by atoms with E-state index in [0.717, 1.165) is 25.7 Å². The first-order chi connectivity index (χ1) is 7.65. The number of hydrogen-bond donors (Lipinski definition) is 2. The van der Waals surface area contributed by atoms with E-state index in [0.29, 0.717) is 27.9 Å². The summed E-state index contributed by atoms with van der Waals surface area (Å²) in [4.78, 5) is 4.18. The molecule has 1 fully saturated rings. The van der Waals surface area contributed by atoms with Crippen molar-refractivity contribution < 1.29 is 0 Å². The minimum atomic E-state index is 0.353. The second-order valence-electron chi connectivity index (χ2n) is 4.24. The number of aromatic nitrogens is 1. The summed E-state index contributed by atoms with van der Waals surface area (Å²) in [5.74, 6) is 0.714. The maximum absolute atomic E-state index is 6.04. The van der Waals surface area contributed by atoms with Gasteiger partial charge in [0.1, 0.15) is 5.82 Å². The molecule has 1 aliphatic carbocycles. The van der Waals surface area contributed by atoms with Gasteiger partial charge in [0.05, 0.1) is 10.0 Å². The Bertz CT molecular complexity index is 362. The monoisotopic (exact) mass is 259 g/mol. The Morgan fingerprint density at radius 1 is 1.25 bits per heavy atom. The predicted molar refractivity (Wildman–Crippen MR) is 68.1 cm³/mol. The zero-order valence-corrected chi connectivity index (χ0v) is 10.4. The molecule has 0 aliphatic heterocycles. The van der Waals surface area contributed by atoms with Gasteiger partial charge in [0, 0.05) is 18.3 Å². The lowest BCUT2D eigenvalue weighted by Gasteiger charge is -2.27. The smallest absolute Gasteiger partial charge is 0.145 e. The van der Waals surface area contributed by atoms with E-state index >= 15 is 0 Å². The fourth-order valence-electron chi connectivity index (χ4n) is 1.98. The summed E-state index contributed by atoms with van der Waals surface area (Å²) in [5.41, 5.74) is 5.85. The lowest BCUT2D eigenvalue weighted by Crippen LogP contribution is -2.33. The van der Waals surface area contributed by atoms with Crippen LogP contribution in [0.4, 0.5) is 5.82 Å². The molecule has 1 aromatic heterocycles. The third-order valence-corrected chi connectivity index (χ3v) is 3.42. The lowest BCUT2D eigenvalue weighted by molar-refractivity contribution is 0.410. The van der Waals surface area contributed by atoms with E-state index in [9.17, 15) is 0 Å². The Hall–Kier alpha value is -0.510. The zero-order chi connectivity index (χ0) is 11.5. The van der Waals surface area contributed by atoms with Crippen LogP contribution in [0.2, 0.25) is 10.0 Å². The maximum Gasteiger partial charge on any atom is 0.145 e. The molecule has 88 valence electrons. The molecule has 0 spiro atoms. The van der Waals surface area contributed by atoms with E-state index in [2.05, 4.69) is 10.3 Å². The van der Waals surface area contributed by atoms with Crippen LogP contribution in [0.5, 0.6) is 0 Å². The van der Waals surface area contributed by atoms with E-state index in [4.69, 9.17) is 28.9 Å². The second kappa shape index (κ2) is 5.21. The summed E-state index contributed by atoms with van der Waals surface area (Å²) in [6.45, 7) is 0. The van der Waals surface area contributed by atoms with Gasteiger partial charge in [-0.1, -0.05) is 23.2 Å². The molecular weight excluding hydrogens is 245 g/mol. The zero-order valence-electron chi connectivity index (χ0n) is 8.92. The molecule has 0 saturated heterocycles. The largest absolute Gasteiger partial charge is 0.366 e. The first kappa shape index (κ1) is 12.0. The summed E-state index contributed by atoms with van der Waals surface area (Å²) in [6, 6.07) is 2.48. The third kappa shape index (κ3) is 3.00. The average Bonchev–Trinajstić information content (AvgIpc) is 2.25. The molecule has 3 N–H and O–H groups in total. The van der Waals surface area contributed by atoms with Crippen LogP contribution < -0.4 is 11.1 Å². The van der Waals surface area contributed by atoms with Gasteiger partial charge in [-0.2, -0.15) is 0 Å². The van der Waals surface area contributed by atoms with Crippen LogP contribution in [0, 0.1) is 0 Å². The molecule has 1 aromatic rings. The van der Waals surface area contributed by atoms with E-state index in [1.165, 1.54) is 0 Å². The van der Waals surface area contributed by atoms with Crippen molar-refractivity contribution in [3.63, 3.8) is 0 Å². The lowest BCUT2D eigenvalue weighted by atomic mass is 9.92. The molecule has 0 unspecified atom stereocenters. The van der Waals surface area contributed by atoms with Gasteiger partial charge < -0.3 is 11.1 Å². The summed E-state index contributed by atoms with van der Waals surface area (Å²) in [7, 11) is 0. The van der Waals surface area contributed by atoms with Crippen molar-refractivity contribution in [1.29, 1.82) is 0 Å². The minimum Gasteiger partial charge on any atom is -0.366 e. The van der Waals surface area contributed by atoms with Crippen LogP contribution in [-0.4, -0.2) is 17.1 Å². The second-order valence-corrected chi connectivity index (χ2v) is 5.08. The Morgan fingerprint density at radius 2 is 1.94 bits per heavy atom. The van der Waals surface area contributed by atoms with Crippen LogP contribution in [0.3, 0.4) is 0 Å². The summed E-state index contributed by atoms with van der Waals surface area (Å²) < 4.78 is 0. The molecule has 0 radical (unpaired) electrons. The van der Waals surface area contributed by atoms with Gasteiger partial charge >= 0.3 is 0 Å². The van der Waals surface area contributed by atoms with E-state index < -0.39 is 0 Å². The van der Waals surface area contributed by atoms with Crippen LogP contribution in [0.25, 0.3) is 0 Å². The predicted octanol–water partition coefficient (Wildman–Crippen LogP) is 3.07. The summed E-state index contributed by atoms with van der Waals surface area (Å²) in [5, 5.41) is 4.47. The molecule has 1 heterocycles. The third-order valence-electron chi connectivity index (χ3n) is 2.92. The molecule has 1 aliphatic rings. The average molecular weight is 260 g/mol. The van der Waals surface area contributed by atoms with Crippen molar-refractivity contribution in [3.8, 4) is 0 Å². The number of nitrogens with two attached hydrogens (primary N) is 1. The molecule has 0 atom stereocenters.